The molecule has 3 N–H and O–H groups in total. The zero-order valence-electron chi connectivity index (χ0n) is 10.3. The average Bonchev–Trinajstić information content (AvgIpc) is 2.23. The van der Waals surface area contributed by atoms with Gasteiger partial charge in [-0.05, 0) is 38.0 Å². The van der Waals surface area contributed by atoms with Crippen molar-refractivity contribution in [2.75, 3.05) is 13.2 Å². The van der Waals surface area contributed by atoms with Crippen LogP contribution in [0.15, 0.2) is 18.2 Å². The molecule has 1 atom stereocenters. The van der Waals surface area contributed by atoms with Crippen molar-refractivity contribution in [2.45, 2.75) is 32.7 Å². The minimum absolute atomic E-state index is 0.0246. The number of benzene rings is 1. The summed E-state index contributed by atoms with van der Waals surface area (Å²) in [5.41, 5.74) is 7.56. The quantitative estimate of drug-likeness (QED) is 0.800. The van der Waals surface area contributed by atoms with E-state index in [0.717, 1.165) is 11.3 Å². The molecule has 1 aromatic rings. The minimum Gasteiger partial charge on any atom is -0.493 e. The molecule has 3 nitrogen and oxygen atoms in total. The van der Waals surface area contributed by atoms with E-state index in [1.807, 2.05) is 32.9 Å². The smallest absolute Gasteiger partial charge is 0.122 e. The molecule has 0 amide bonds. The Kier molecular flexibility index (Phi) is 4.33. The van der Waals surface area contributed by atoms with Crippen LogP contribution in [0.2, 0.25) is 0 Å². The summed E-state index contributed by atoms with van der Waals surface area (Å²) in [7, 11) is 0. The number of nitrogens with two attached hydrogens (primary N) is 1. The molecule has 0 aliphatic carbocycles. The molecule has 0 aromatic heterocycles. The van der Waals surface area contributed by atoms with Gasteiger partial charge in [-0.2, -0.15) is 0 Å². The highest BCUT2D eigenvalue weighted by atomic mass is 16.5. The molecule has 1 rings (SSSR count). The number of ether oxygens (including phenoxy) is 1. The molecule has 0 heterocycles. The predicted octanol–water partition coefficient (Wildman–Crippen LogP) is 1.78. The highest BCUT2D eigenvalue weighted by molar-refractivity contribution is 5.35. The second-order valence-corrected chi connectivity index (χ2v) is 4.68. The van der Waals surface area contributed by atoms with Gasteiger partial charge in [0.25, 0.3) is 0 Å². The van der Waals surface area contributed by atoms with Crippen molar-refractivity contribution in [1.82, 2.24) is 0 Å². The van der Waals surface area contributed by atoms with Crippen LogP contribution in [-0.4, -0.2) is 23.9 Å². The Hall–Kier alpha value is -1.06. The SMILES string of the molecule is Cc1ccc(C)c(OCCC(C)(N)CO)c1. The van der Waals surface area contributed by atoms with Crippen LogP contribution in [0.25, 0.3) is 0 Å². The molecule has 0 spiro atoms. The first kappa shape index (κ1) is 13.0. The predicted molar refractivity (Wildman–Crippen MR) is 65.7 cm³/mol. The molecule has 3 heteroatoms. The van der Waals surface area contributed by atoms with E-state index in [-0.39, 0.29) is 6.61 Å². The van der Waals surface area contributed by atoms with Crippen LogP contribution in [-0.2, 0) is 0 Å². The summed E-state index contributed by atoms with van der Waals surface area (Å²) in [5, 5.41) is 9.01. The molecule has 90 valence electrons. The first-order chi connectivity index (χ1) is 7.44. The van der Waals surface area contributed by atoms with Crippen molar-refractivity contribution in [1.29, 1.82) is 0 Å². The van der Waals surface area contributed by atoms with Crippen molar-refractivity contribution in [2.24, 2.45) is 5.73 Å². The Balaban J connectivity index is 2.52. The lowest BCUT2D eigenvalue weighted by Crippen LogP contribution is -2.41. The lowest BCUT2D eigenvalue weighted by atomic mass is 10.0. The van der Waals surface area contributed by atoms with Crippen molar-refractivity contribution < 1.29 is 9.84 Å². The van der Waals surface area contributed by atoms with Gasteiger partial charge in [0.15, 0.2) is 0 Å². The normalized spacial score (nSPS) is 14.6. The summed E-state index contributed by atoms with van der Waals surface area (Å²) in [4.78, 5) is 0. The van der Waals surface area contributed by atoms with Crippen LogP contribution < -0.4 is 10.5 Å². The van der Waals surface area contributed by atoms with Gasteiger partial charge in [-0.1, -0.05) is 12.1 Å². The third kappa shape index (κ3) is 3.83. The van der Waals surface area contributed by atoms with Crippen LogP contribution in [0.1, 0.15) is 24.5 Å². The van der Waals surface area contributed by atoms with E-state index in [0.29, 0.717) is 13.0 Å². The molecule has 0 saturated carbocycles. The molecule has 0 radical (unpaired) electrons. The number of aliphatic hydroxyl groups excluding tert-OH is 1. The fraction of sp³-hybridized carbons (Fsp3) is 0.538. The van der Waals surface area contributed by atoms with Gasteiger partial charge in [0.2, 0.25) is 0 Å². The Morgan fingerprint density at radius 1 is 1.38 bits per heavy atom. The van der Waals surface area contributed by atoms with Gasteiger partial charge in [0.05, 0.1) is 13.2 Å². The van der Waals surface area contributed by atoms with Crippen molar-refractivity contribution in [3.8, 4) is 5.75 Å². The molecule has 1 unspecified atom stereocenters. The maximum Gasteiger partial charge on any atom is 0.122 e. The molecule has 0 bridgehead atoms. The number of aliphatic hydroxyl groups is 1. The van der Waals surface area contributed by atoms with Gasteiger partial charge in [0, 0.05) is 12.0 Å². The van der Waals surface area contributed by atoms with E-state index < -0.39 is 5.54 Å². The lowest BCUT2D eigenvalue weighted by molar-refractivity contribution is 0.174. The molecule has 0 fully saturated rings. The van der Waals surface area contributed by atoms with Crippen LogP contribution in [0, 0.1) is 13.8 Å². The molecular weight excluding hydrogens is 202 g/mol. The Morgan fingerprint density at radius 2 is 2.06 bits per heavy atom. The van der Waals surface area contributed by atoms with E-state index in [4.69, 9.17) is 15.6 Å². The Morgan fingerprint density at radius 3 is 2.69 bits per heavy atom. The van der Waals surface area contributed by atoms with E-state index in [2.05, 4.69) is 6.07 Å². The third-order valence-corrected chi connectivity index (χ3v) is 2.64. The van der Waals surface area contributed by atoms with Gasteiger partial charge < -0.3 is 15.6 Å². The summed E-state index contributed by atoms with van der Waals surface area (Å²) >= 11 is 0. The Labute approximate surface area is 97.2 Å². The number of hydrogen-bond acceptors (Lipinski definition) is 3. The van der Waals surface area contributed by atoms with Crippen molar-refractivity contribution >= 4 is 0 Å². The van der Waals surface area contributed by atoms with Crippen molar-refractivity contribution in [3.63, 3.8) is 0 Å². The number of rotatable bonds is 5. The van der Waals surface area contributed by atoms with E-state index in [1.54, 1.807) is 0 Å². The standard InChI is InChI=1S/C13H21NO2/c1-10-4-5-11(2)12(8-10)16-7-6-13(3,14)9-15/h4-5,8,15H,6-7,9,14H2,1-3H3. The molecule has 16 heavy (non-hydrogen) atoms. The van der Waals surface area contributed by atoms with E-state index in [1.165, 1.54) is 5.56 Å². The van der Waals surface area contributed by atoms with Gasteiger partial charge >= 0.3 is 0 Å². The maximum absolute atomic E-state index is 9.01. The van der Waals surface area contributed by atoms with Gasteiger partial charge in [-0.25, -0.2) is 0 Å². The van der Waals surface area contributed by atoms with Gasteiger partial charge in [-0.3, -0.25) is 0 Å². The molecule has 0 saturated heterocycles. The third-order valence-electron chi connectivity index (χ3n) is 2.64. The van der Waals surface area contributed by atoms with Gasteiger partial charge in [-0.15, -0.1) is 0 Å². The largest absolute Gasteiger partial charge is 0.493 e. The zero-order chi connectivity index (χ0) is 12.2. The van der Waals surface area contributed by atoms with Crippen LogP contribution in [0.5, 0.6) is 5.75 Å². The maximum atomic E-state index is 9.01. The molecular formula is C13H21NO2. The minimum atomic E-state index is -0.558. The number of hydrogen-bond donors (Lipinski definition) is 2. The van der Waals surface area contributed by atoms with E-state index >= 15 is 0 Å². The summed E-state index contributed by atoms with van der Waals surface area (Å²) < 4.78 is 5.66. The Bertz CT molecular complexity index is 348. The zero-order valence-corrected chi connectivity index (χ0v) is 10.3. The fourth-order valence-corrected chi connectivity index (χ4v) is 1.34. The fourth-order valence-electron chi connectivity index (χ4n) is 1.34. The van der Waals surface area contributed by atoms with Crippen LogP contribution in [0.3, 0.4) is 0 Å². The highest BCUT2D eigenvalue weighted by Crippen LogP contribution is 2.19. The molecule has 0 aliphatic rings. The van der Waals surface area contributed by atoms with Gasteiger partial charge in [0.1, 0.15) is 5.75 Å². The first-order valence-corrected chi connectivity index (χ1v) is 5.54. The summed E-state index contributed by atoms with van der Waals surface area (Å²) in [6, 6.07) is 6.11. The van der Waals surface area contributed by atoms with E-state index in [9.17, 15) is 0 Å². The summed E-state index contributed by atoms with van der Waals surface area (Å²) in [5.74, 6) is 0.897. The topological polar surface area (TPSA) is 55.5 Å². The first-order valence-electron chi connectivity index (χ1n) is 5.54. The average molecular weight is 223 g/mol. The summed E-state index contributed by atoms with van der Waals surface area (Å²) in [6.07, 6.45) is 0.636. The molecule has 1 aromatic carbocycles. The lowest BCUT2D eigenvalue weighted by Gasteiger charge is -2.21. The van der Waals surface area contributed by atoms with Crippen LogP contribution in [0.4, 0.5) is 0 Å². The highest BCUT2D eigenvalue weighted by Gasteiger charge is 2.16. The van der Waals surface area contributed by atoms with Crippen molar-refractivity contribution in [3.05, 3.63) is 29.3 Å². The monoisotopic (exact) mass is 223 g/mol. The molecule has 0 aliphatic heterocycles. The number of aryl methyl sites for hydroxylation is 2. The second kappa shape index (κ2) is 5.32. The van der Waals surface area contributed by atoms with Crippen LogP contribution >= 0.6 is 0 Å². The second-order valence-electron chi connectivity index (χ2n) is 4.68. The summed E-state index contributed by atoms with van der Waals surface area (Å²) in [6.45, 7) is 6.37.